The fourth-order valence-electron chi connectivity index (χ4n) is 1.91. The number of halogens is 2. The van der Waals surface area contributed by atoms with Crippen molar-refractivity contribution >= 4 is 35.6 Å². The molecule has 2 rings (SSSR count). The van der Waals surface area contributed by atoms with Crippen LogP contribution in [0.25, 0.3) is 0 Å². The van der Waals surface area contributed by atoms with Crippen molar-refractivity contribution in [3.63, 3.8) is 0 Å². The number of esters is 1. The highest BCUT2D eigenvalue weighted by molar-refractivity contribution is 7.96. The van der Waals surface area contributed by atoms with Crippen molar-refractivity contribution < 1.29 is 32.4 Å². The average molecular weight is 444 g/mol. The maximum absolute atomic E-state index is 13.7. The molecule has 0 saturated carbocycles. The van der Waals surface area contributed by atoms with E-state index in [1.165, 1.54) is 25.3 Å². The molecule has 0 amide bonds. The van der Waals surface area contributed by atoms with Crippen LogP contribution >= 0.6 is 23.6 Å². The molecule has 2 aromatic rings. The number of pyridine rings is 1. The molecule has 1 aromatic heterocycles. The maximum Gasteiger partial charge on any atom is 0.359 e. The van der Waals surface area contributed by atoms with E-state index in [-0.39, 0.29) is 17.5 Å². The second-order valence-corrected chi connectivity index (χ2v) is 7.17. The molecule has 1 aromatic carbocycles. The summed E-state index contributed by atoms with van der Waals surface area (Å²) < 4.78 is 34.4. The highest BCUT2D eigenvalue weighted by Crippen LogP contribution is 2.26. The van der Waals surface area contributed by atoms with Crippen LogP contribution in [-0.2, 0) is 18.5 Å². The smallest absolute Gasteiger partial charge is 0.359 e. The fraction of sp³-hybridized carbons (Fsp3) is 0.316. The van der Waals surface area contributed by atoms with Gasteiger partial charge in [0, 0.05) is 6.20 Å². The van der Waals surface area contributed by atoms with E-state index in [9.17, 15) is 14.0 Å². The van der Waals surface area contributed by atoms with E-state index in [0.717, 1.165) is 6.07 Å². The number of carbonyl (C=O) groups is 2. The molecule has 0 aliphatic heterocycles. The first-order valence-electron chi connectivity index (χ1n) is 8.59. The minimum atomic E-state index is -0.918. The minimum absolute atomic E-state index is 0.161. The molecule has 29 heavy (non-hydrogen) atoms. The van der Waals surface area contributed by atoms with Crippen LogP contribution in [0.15, 0.2) is 36.5 Å². The molecule has 2 atom stereocenters. The van der Waals surface area contributed by atoms with Crippen molar-refractivity contribution in [1.29, 1.82) is 0 Å². The Labute approximate surface area is 176 Å². The van der Waals surface area contributed by atoms with E-state index in [0.29, 0.717) is 23.5 Å². The largest absolute Gasteiger partial charge is 0.479 e. The zero-order chi connectivity index (χ0) is 21.4. The Morgan fingerprint density at radius 3 is 2.45 bits per heavy atom. The topological polar surface area (TPSA) is 84.0 Å². The van der Waals surface area contributed by atoms with Crippen molar-refractivity contribution in [3.05, 3.63) is 47.4 Å². The molecule has 0 aliphatic carbocycles. The number of benzene rings is 1. The molecular weight excluding hydrogens is 425 g/mol. The molecule has 0 radical (unpaired) electrons. The molecule has 2 unspecified atom stereocenters. The van der Waals surface area contributed by atoms with Gasteiger partial charge in [-0.25, -0.2) is 14.2 Å². The van der Waals surface area contributed by atoms with Crippen LogP contribution in [-0.4, -0.2) is 34.9 Å². The molecule has 0 fully saturated rings. The molecule has 0 spiro atoms. The summed E-state index contributed by atoms with van der Waals surface area (Å²) >= 11 is 6.35. The van der Waals surface area contributed by atoms with E-state index >= 15 is 0 Å². The molecule has 10 heteroatoms. The Kier molecular flexibility index (Phi) is 8.53. The highest BCUT2D eigenvalue weighted by atomic mass is 35.5. The van der Waals surface area contributed by atoms with Gasteiger partial charge in [0.05, 0.1) is 23.7 Å². The monoisotopic (exact) mass is 443 g/mol. The molecule has 0 N–H and O–H groups in total. The van der Waals surface area contributed by atoms with Gasteiger partial charge in [0.25, 0.3) is 5.88 Å². The van der Waals surface area contributed by atoms with Gasteiger partial charge in [-0.3, -0.25) is 4.79 Å². The first kappa shape index (κ1) is 22.8. The van der Waals surface area contributed by atoms with Crippen LogP contribution in [0.3, 0.4) is 0 Å². The zero-order valence-electron chi connectivity index (χ0n) is 15.9. The number of rotatable bonds is 9. The Balaban J connectivity index is 1.86. The third kappa shape index (κ3) is 7.10. The lowest BCUT2D eigenvalue weighted by atomic mass is 10.3. The summed E-state index contributed by atoms with van der Waals surface area (Å²) in [4.78, 5) is 27.3. The van der Waals surface area contributed by atoms with Gasteiger partial charge in [0.15, 0.2) is 11.9 Å². The van der Waals surface area contributed by atoms with Gasteiger partial charge in [-0.1, -0.05) is 11.6 Å². The summed E-state index contributed by atoms with van der Waals surface area (Å²) in [7, 11) is 0. The van der Waals surface area contributed by atoms with Gasteiger partial charge < -0.3 is 18.4 Å². The molecule has 0 bridgehead atoms. The van der Waals surface area contributed by atoms with Crippen molar-refractivity contribution in [2.24, 2.45) is 0 Å². The Hall–Kier alpha value is -2.52. The van der Waals surface area contributed by atoms with E-state index in [1.807, 2.05) is 0 Å². The summed E-state index contributed by atoms with van der Waals surface area (Å²) in [5, 5.41) is -0.487. The van der Waals surface area contributed by atoms with Gasteiger partial charge >= 0.3 is 11.9 Å². The number of carbonyl (C=O) groups excluding carboxylic acids is 2. The molecule has 0 aliphatic rings. The fourth-order valence-corrected chi connectivity index (χ4v) is 2.58. The second kappa shape index (κ2) is 10.9. The van der Waals surface area contributed by atoms with Crippen molar-refractivity contribution in [1.82, 2.24) is 4.98 Å². The van der Waals surface area contributed by atoms with E-state index in [4.69, 9.17) is 30.0 Å². The lowest BCUT2D eigenvalue weighted by Crippen LogP contribution is -2.26. The van der Waals surface area contributed by atoms with Crippen LogP contribution in [0, 0.1) is 5.82 Å². The van der Waals surface area contributed by atoms with Crippen molar-refractivity contribution in [2.45, 2.75) is 32.1 Å². The normalized spacial score (nSPS) is 12.6. The first-order valence-corrected chi connectivity index (χ1v) is 9.77. The molecule has 156 valence electrons. The van der Waals surface area contributed by atoms with Crippen molar-refractivity contribution in [3.8, 4) is 17.4 Å². The van der Waals surface area contributed by atoms with Crippen LogP contribution in [0.2, 0.25) is 5.02 Å². The Bertz CT molecular complexity index is 851. The second-order valence-electron chi connectivity index (χ2n) is 5.67. The molecular formula is C19H19ClFNO6S. The summed E-state index contributed by atoms with van der Waals surface area (Å²) in [6.45, 7) is 5.02. The van der Waals surface area contributed by atoms with Crippen LogP contribution < -0.4 is 9.47 Å². The SMILES string of the molecule is CCOC(=O)C(C)SOC(=O)C(C)Oc1ccc(Oc2ncc(Cl)cc2F)cc1. The first-order chi connectivity index (χ1) is 13.8. The van der Waals surface area contributed by atoms with Gasteiger partial charge in [-0.05, 0) is 51.1 Å². The number of hydrogen-bond acceptors (Lipinski definition) is 8. The average Bonchev–Trinajstić information content (AvgIpc) is 2.69. The molecule has 0 saturated heterocycles. The lowest BCUT2D eigenvalue weighted by molar-refractivity contribution is -0.142. The number of ether oxygens (including phenoxy) is 3. The maximum atomic E-state index is 13.7. The standard InChI is InChI=1S/C19H19ClFNO6S/c1-4-25-19(24)12(3)29-28-18(23)11(2)26-14-5-7-15(8-6-14)27-17-16(21)9-13(20)10-22-17/h5-12H,4H2,1-3H3. The van der Waals surface area contributed by atoms with E-state index in [2.05, 4.69) is 4.98 Å². The van der Waals surface area contributed by atoms with Crippen LogP contribution in [0.5, 0.6) is 17.4 Å². The van der Waals surface area contributed by atoms with Gasteiger partial charge in [-0.15, -0.1) is 0 Å². The van der Waals surface area contributed by atoms with Gasteiger partial charge in [0.2, 0.25) is 0 Å². The quantitative estimate of drug-likeness (QED) is 0.411. The predicted molar refractivity (Wildman–Crippen MR) is 106 cm³/mol. The van der Waals surface area contributed by atoms with Gasteiger partial charge in [0.1, 0.15) is 16.7 Å². The summed E-state index contributed by atoms with van der Waals surface area (Å²) in [6, 6.07) is 7.24. The third-order valence-corrected chi connectivity index (χ3v) is 4.30. The highest BCUT2D eigenvalue weighted by Gasteiger charge is 2.22. The minimum Gasteiger partial charge on any atom is -0.479 e. The lowest BCUT2D eigenvalue weighted by Gasteiger charge is -2.15. The van der Waals surface area contributed by atoms with Crippen molar-refractivity contribution in [2.75, 3.05) is 6.61 Å². The molecule has 1 heterocycles. The Morgan fingerprint density at radius 1 is 1.17 bits per heavy atom. The summed E-state index contributed by atoms with van der Waals surface area (Å²) in [5.74, 6) is -1.34. The van der Waals surface area contributed by atoms with Crippen LogP contribution in [0.1, 0.15) is 20.8 Å². The predicted octanol–water partition coefficient (Wildman–Crippen LogP) is 4.58. The van der Waals surface area contributed by atoms with Crippen LogP contribution in [0.4, 0.5) is 4.39 Å². The number of hydrogen-bond donors (Lipinski definition) is 0. The van der Waals surface area contributed by atoms with Gasteiger partial charge in [-0.2, -0.15) is 0 Å². The molecule has 7 nitrogen and oxygen atoms in total. The Morgan fingerprint density at radius 2 is 1.83 bits per heavy atom. The zero-order valence-corrected chi connectivity index (χ0v) is 17.5. The third-order valence-electron chi connectivity index (χ3n) is 3.35. The van der Waals surface area contributed by atoms with E-state index < -0.39 is 29.1 Å². The van der Waals surface area contributed by atoms with E-state index in [1.54, 1.807) is 26.0 Å². The number of aromatic nitrogens is 1. The summed E-state index contributed by atoms with van der Waals surface area (Å²) in [5.41, 5.74) is 0. The summed E-state index contributed by atoms with van der Waals surface area (Å²) in [6.07, 6.45) is 0.352. The number of nitrogens with zero attached hydrogens (tertiary/aromatic N) is 1.